The summed E-state index contributed by atoms with van der Waals surface area (Å²) in [7, 11) is 2.09. The minimum absolute atomic E-state index is 0.532. The van der Waals surface area contributed by atoms with Gasteiger partial charge in [-0.05, 0) is 37.6 Å². The van der Waals surface area contributed by atoms with Gasteiger partial charge in [-0.15, -0.1) is 0 Å². The van der Waals surface area contributed by atoms with Crippen molar-refractivity contribution in [3.05, 3.63) is 28.8 Å². The molecule has 1 aliphatic heterocycles. The van der Waals surface area contributed by atoms with E-state index in [4.69, 9.17) is 17.3 Å². The Bertz CT molecular complexity index is 389. The van der Waals surface area contributed by atoms with Gasteiger partial charge in [-0.2, -0.15) is 0 Å². The molecule has 0 atom stereocenters. The molecular weight excluding hydrogens is 246 g/mol. The number of likely N-dealkylation sites (tertiary alicyclic amines) is 1. The molecule has 0 amide bonds. The molecule has 1 aliphatic rings. The number of halogens is 1. The van der Waals surface area contributed by atoms with E-state index in [0.717, 1.165) is 29.4 Å². The Labute approximate surface area is 115 Å². The summed E-state index contributed by atoms with van der Waals surface area (Å²) >= 11 is 6.29. The van der Waals surface area contributed by atoms with Crippen LogP contribution in [0.15, 0.2) is 18.2 Å². The van der Waals surface area contributed by atoms with Crippen LogP contribution >= 0.6 is 11.6 Å². The Morgan fingerprint density at radius 1 is 1.33 bits per heavy atom. The van der Waals surface area contributed by atoms with Crippen LogP contribution in [-0.4, -0.2) is 38.1 Å². The highest BCUT2D eigenvalue weighted by atomic mass is 35.5. The van der Waals surface area contributed by atoms with Crippen molar-refractivity contribution in [2.75, 3.05) is 38.1 Å². The number of rotatable bonds is 5. The second-order valence-corrected chi connectivity index (χ2v) is 5.33. The van der Waals surface area contributed by atoms with Gasteiger partial charge in [-0.3, -0.25) is 0 Å². The molecule has 0 aromatic heterocycles. The summed E-state index contributed by atoms with van der Waals surface area (Å²) in [6, 6.07) is 5.94. The molecule has 3 nitrogen and oxygen atoms in total. The molecule has 0 aliphatic carbocycles. The molecule has 0 radical (unpaired) electrons. The van der Waals surface area contributed by atoms with E-state index in [9.17, 15) is 0 Å². The standard InChI is InChI=1S/C14H22ClN3/c1-17(9-10-18-7-2-3-8-18)14-12(11-16)5-4-6-13(14)15/h4-6H,2-3,7-11,16H2,1H3. The van der Waals surface area contributed by atoms with Gasteiger partial charge in [0.05, 0.1) is 10.7 Å². The van der Waals surface area contributed by atoms with Gasteiger partial charge in [0.1, 0.15) is 0 Å². The molecule has 100 valence electrons. The molecule has 1 heterocycles. The van der Waals surface area contributed by atoms with E-state index in [-0.39, 0.29) is 0 Å². The number of hydrogen-bond donors (Lipinski definition) is 1. The minimum atomic E-state index is 0.532. The van der Waals surface area contributed by atoms with E-state index in [1.54, 1.807) is 0 Å². The third-order valence-corrected chi connectivity index (χ3v) is 3.93. The maximum atomic E-state index is 6.29. The number of hydrogen-bond acceptors (Lipinski definition) is 3. The van der Waals surface area contributed by atoms with Crippen molar-refractivity contribution in [2.45, 2.75) is 19.4 Å². The van der Waals surface area contributed by atoms with Gasteiger partial charge >= 0.3 is 0 Å². The highest BCUT2D eigenvalue weighted by molar-refractivity contribution is 6.33. The van der Waals surface area contributed by atoms with Gasteiger partial charge in [0.25, 0.3) is 0 Å². The first-order chi connectivity index (χ1) is 8.72. The monoisotopic (exact) mass is 267 g/mol. The average Bonchev–Trinajstić information content (AvgIpc) is 2.88. The van der Waals surface area contributed by atoms with Crippen molar-refractivity contribution in [3.63, 3.8) is 0 Å². The SMILES string of the molecule is CN(CCN1CCCC1)c1c(Cl)cccc1CN. The predicted octanol–water partition coefficient (Wildman–Crippen LogP) is 2.33. The van der Waals surface area contributed by atoms with Crippen molar-refractivity contribution in [2.24, 2.45) is 5.73 Å². The molecule has 0 spiro atoms. The molecule has 1 fully saturated rings. The average molecular weight is 268 g/mol. The van der Waals surface area contributed by atoms with E-state index in [1.165, 1.54) is 25.9 Å². The molecule has 0 unspecified atom stereocenters. The predicted molar refractivity (Wildman–Crippen MR) is 78.3 cm³/mol. The number of para-hydroxylation sites is 1. The van der Waals surface area contributed by atoms with Gasteiger partial charge < -0.3 is 15.5 Å². The van der Waals surface area contributed by atoms with Crippen LogP contribution in [0.4, 0.5) is 5.69 Å². The lowest BCUT2D eigenvalue weighted by Gasteiger charge is -2.26. The van der Waals surface area contributed by atoms with Crippen molar-refractivity contribution in [3.8, 4) is 0 Å². The Hall–Kier alpha value is -0.770. The van der Waals surface area contributed by atoms with Crippen LogP contribution in [-0.2, 0) is 6.54 Å². The molecule has 18 heavy (non-hydrogen) atoms. The first kappa shape index (κ1) is 13.7. The van der Waals surface area contributed by atoms with Crippen LogP contribution in [0.25, 0.3) is 0 Å². The molecule has 1 aromatic carbocycles. The van der Waals surface area contributed by atoms with E-state index in [2.05, 4.69) is 16.8 Å². The Morgan fingerprint density at radius 3 is 2.72 bits per heavy atom. The lowest BCUT2D eigenvalue weighted by molar-refractivity contribution is 0.346. The summed E-state index contributed by atoms with van der Waals surface area (Å²) in [5.74, 6) is 0. The zero-order valence-electron chi connectivity index (χ0n) is 11.0. The smallest absolute Gasteiger partial charge is 0.0642 e. The number of nitrogens with zero attached hydrogens (tertiary/aromatic N) is 2. The van der Waals surface area contributed by atoms with Crippen LogP contribution in [0.5, 0.6) is 0 Å². The van der Waals surface area contributed by atoms with Crippen LogP contribution in [0.1, 0.15) is 18.4 Å². The van der Waals surface area contributed by atoms with Gasteiger partial charge in [0.15, 0.2) is 0 Å². The molecule has 0 saturated carbocycles. The van der Waals surface area contributed by atoms with E-state index < -0.39 is 0 Å². The summed E-state index contributed by atoms with van der Waals surface area (Å²) < 4.78 is 0. The van der Waals surface area contributed by atoms with Crippen molar-refractivity contribution < 1.29 is 0 Å². The highest BCUT2D eigenvalue weighted by Gasteiger charge is 2.14. The van der Waals surface area contributed by atoms with E-state index >= 15 is 0 Å². The lowest BCUT2D eigenvalue weighted by Crippen LogP contribution is -2.32. The summed E-state index contributed by atoms with van der Waals surface area (Å²) in [6.45, 7) is 5.10. The number of nitrogens with two attached hydrogens (primary N) is 1. The number of anilines is 1. The van der Waals surface area contributed by atoms with E-state index in [0.29, 0.717) is 6.54 Å². The highest BCUT2D eigenvalue weighted by Crippen LogP contribution is 2.28. The maximum Gasteiger partial charge on any atom is 0.0642 e. The zero-order valence-corrected chi connectivity index (χ0v) is 11.8. The number of likely N-dealkylation sites (N-methyl/N-ethyl adjacent to an activating group) is 1. The molecule has 2 N–H and O–H groups in total. The van der Waals surface area contributed by atoms with Gasteiger partial charge in [-0.1, -0.05) is 23.7 Å². The second-order valence-electron chi connectivity index (χ2n) is 4.92. The molecule has 2 rings (SSSR count). The first-order valence-corrected chi connectivity index (χ1v) is 7.01. The quantitative estimate of drug-likeness (QED) is 0.889. The molecular formula is C14H22ClN3. The Kier molecular flexibility index (Phi) is 4.87. The molecule has 4 heteroatoms. The summed E-state index contributed by atoms with van der Waals surface area (Å²) in [6.07, 6.45) is 2.67. The van der Waals surface area contributed by atoms with Gasteiger partial charge in [0, 0.05) is 26.7 Å². The third kappa shape index (κ3) is 3.16. The van der Waals surface area contributed by atoms with Crippen molar-refractivity contribution in [1.29, 1.82) is 0 Å². The minimum Gasteiger partial charge on any atom is -0.372 e. The van der Waals surface area contributed by atoms with Crippen LogP contribution < -0.4 is 10.6 Å². The zero-order chi connectivity index (χ0) is 13.0. The third-order valence-electron chi connectivity index (χ3n) is 3.62. The van der Waals surface area contributed by atoms with Crippen molar-refractivity contribution >= 4 is 17.3 Å². The number of benzene rings is 1. The lowest BCUT2D eigenvalue weighted by atomic mass is 10.1. The fourth-order valence-electron chi connectivity index (χ4n) is 2.56. The maximum absolute atomic E-state index is 6.29. The summed E-state index contributed by atoms with van der Waals surface area (Å²) in [5.41, 5.74) is 7.98. The fourth-order valence-corrected chi connectivity index (χ4v) is 2.90. The van der Waals surface area contributed by atoms with Crippen molar-refractivity contribution in [1.82, 2.24) is 4.90 Å². The Balaban J connectivity index is 2.01. The molecule has 1 saturated heterocycles. The fraction of sp³-hybridized carbons (Fsp3) is 0.571. The van der Waals surface area contributed by atoms with Crippen LogP contribution in [0, 0.1) is 0 Å². The Morgan fingerprint density at radius 2 is 2.06 bits per heavy atom. The first-order valence-electron chi connectivity index (χ1n) is 6.63. The van der Waals surface area contributed by atoms with Crippen LogP contribution in [0.3, 0.4) is 0 Å². The van der Waals surface area contributed by atoms with Gasteiger partial charge in [0.2, 0.25) is 0 Å². The largest absolute Gasteiger partial charge is 0.372 e. The molecule has 1 aromatic rings. The second kappa shape index (κ2) is 6.41. The van der Waals surface area contributed by atoms with E-state index in [1.807, 2.05) is 18.2 Å². The normalized spacial score (nSPS) is 16.2. The van der Waals surface area contributed by atoms with Crippen LogP contribution in [0.2, 0.25) is 5.02 Å². The molecule has 0 bridgehead atoms. The topological polar surface area (TPSA) is 32.5 Å². The summed E-state index contributed by atoms with van der Waals surface area (Å²) in [4.78, 5) is 4.73. The summed E-state index contributed by atoms with van der Waals surface area (Å²) in [5, 5.41) is 0.793. The van der Waals surface area contributed by atoms with Gasteiger partial charge in [-0.25, -0.2) is 0 Å².